The van der Waals surface area contributed by atoms with Crippen LogP contribution in [0.2, 0.25) is 0 Å². The molecular formula is C14H13O2P. The third-order valence-corrected chi connectivity index (χ3v) is 2.71. The maximum Gasteiger partial charge on any atom is 0.119 e. The maximum atomic E-state index is 9.33. The zero-order chi connectivity index (χ0) is 12.3. The SMILES string of the molecule is Oc1cc(O)cc(/C=C/c2ccc(P)cc2)c1. The van der Waals surface area contributed by atoms with E-state index in [1.807, 2.05) is 36.4 Å². The van der Waals surface area contributed by atoms with Crippen LogP contribution in [0.1, 0.15) is 11.1 Å². The molecule has 0 amide bonds. The first-order chi connectivity index (χ1) is 8.13. The fourth-order valence-electron chi connectivity index (χ4n) is 1.51. The molecule has 0 radical (unpaired) electrons. The molecule has 17 heavy (non-hydrogen) atoms. The van der Waals surface area contributed by atoms with Crippen molar-refractivity contribution in [1.82, 2.24) is 0 Å². The lowest BCUT2D eigenvalue weighted by Crippen LogP contribution is -1.86. The summed E-state index contributed by atoms with van der Waals surface area (Å²) in [6, 6.07) is 12.5. The van der Waals surface area contributed by atoms with Crippen LogP contribution in [0.25, 0.3) is 12.2 Å². The molecule has 0 aromatic heterocycles. The van der Waals surface area contributed by atoms with Gasteiger partial charge in [-0.3, -0.25) is 0 Å². The van der Waals surface area contributed by atoms with Gasteiger partial charge in [0.05, 0.1) is 0 Å². The van der Waals surface area contributed by atoms with Crippen LogP contribution in [0.3, 0.4) is 0 Å². The van der Waals surface area contributed by atoms with Crippen LogP contribution in [0.5, 0.6) is 11.5 Å². The van der Waals surface area contributed by atoms with Crippen molar-refractivity contribution in [3.8, 4) is 11.5 Å². The predicted molar refractivity (Wildman–Crippen MR) is 74.5 cm³/mol. The van der Waals surface area contributed by atoms with Crippen molar-refractivity contribution in [2.24, 2.45) is 0 Å². The van der Waals surface area contributed by atoms with Gasteiger partial charge in [-0.25, -0.2) is 0 Å². The highest BCUT2D eigenvalue weighted by atomic mass is 31.0. The van der Waals surface area contributed by atoms with E-state index in [2.05, 4.69) is 9.24 Å². The molecule has 0 saturated heterocycles. The molecule has 2 rings (SSSR count). The highest BCUT2D eigenvalue weighted by Gasteiger charge is 1.95. The summed E-state index contributed by atoms with van der Waals surface area (Å²) in [5.41, 5.74) is 1.83. The lowest BCUT2D eigenvalue weighted by molar-refractivity contribution is 0.450. The normalized spacial score (nSPS) is 10.9. The molecule has 86 valence electrons. The Morgan fingerprint density at radius 2 is 1.29 bits per heavy atom. The van der Waals surface area contributed by atoms with E-state index in [9.17, 15) is 10.2 Å². The van der Waals surface area contributed by atoms with Gasteiger partial charge in [0.1, 0.15) is 11.5 Å². The molecule has 0 aliphatic carbocycles. The Morgan fingerprint density at radius 1 is 0.765 bits per heavy atom. The number of benzene rings is 2. The fraction of sp³-hybridized carbons (Fsp3) is 0. The van der Waals surface area contributed by atoms with Crippen molar-refractivity contribution < 1.29 is 10.2 Å². The van der Waals surface area contributed by atoms with E-state index in [1.54, 1.807) is 12.1 Å². The summed E-state index contributed by atoms with van der Waals surface area (Å²) in [4.78, 5) is 0. The second-order valence-corrected chi connectivity index (χ2v) is 4.45. The van der Waals surface area contributed by atoms with Crippen LogP contribution in [0.4, 0.5) is 0 Å². The smallest absolute Gasteiger partial charge is 0.119 e. The molecular weight excluding hydrogens is 231 g/mol. The lowest BCUT2D eigenvalue weighted by Gasteiger charge is -1.98. The van der Waals surface area contributed by atoms with Crippen molar-refractivity contribution in [2.75, 3.05) is 0 Å². The summed E-state index contributed by atoms with van der Waals surface area (Å²) in [5, 5.41) is 19.8. The topological polar surface area (TPSA) is 40.5 Å². The first kappa shape index (κ1) is 11.7. The molecule has 2 aromatic carbocycles. The second kappa shape index (κ2) is 5.03. The molecule has 2 aromatic rings. The fourth-order valence-corrected chi connectivity index (χ4v) is 1.71. The third kappa shape index (κ3) is 3.33. The van der Waals surface area contributed by atoms with E-state index >= 15 is 0 Å². The van der Waals surface area contributed by atoms with Crippen molar-refractivity contribution in [3.05, 3.63) is 53.6 Å². The molecule has 2 N–H and O–H groups in total. The van der Waals surface area contributed by atoms with Crippen LogP contribution < -0.4 is 5.30 Å². The van der Waals surface area contributed by atoms with E-state index < -0.39 is 0 Å². The summed E-state index contributed by atoms with van der Waals surface area (Å²) >= 11 is 0. The largest absolute Gasteiger partial charge is 0.508 e. The predicted octanol–water partition coefficient (Wildman–Crippen LogP) is 2.77. The lowest BCUT2D eigenvalue weighted by atomic mass is 10.1. The van der Waals surface area contributed by atoms with E-state index in [1.165, 1.54) is 6.07 Å². The Balaban J connectivity index is 2.22. The van der Waals surface area contributed by atoms with Crippen molar-refractivity contribution in [3.63, 3.8) is 0 Å². The Morgan fingerprint density at radius 3 is 1.88 bits per heavy atom. The van der Waals surface area contributed by atoms with Crippen LogP contribution in [-0.4, -0.2) is 10.2 Å². The number of aromatic hydroxyl groups is 2. The monoisotopic (exact) mass is 244 g/mol. The quantitative estimate of drug-likeness (QED) is 0.630. The van der Waals surface area contributed by atoms with Gasteiger partial charge < -0.3 is 10.2 Å². The molecule has 2 nitrogen and oxygen atoms in total. The Labute approximate surface area is 102 Å². The molecule has 0 heterocycles. The van der Waals surface area contributed by atoms with Crippen LogP contribution >= 0.6 is 9.24 Å². The average molecular weight is 244 g/mol. The number of hydrogen-bond acceptors (Lipinski definition) is 2. The van der Waals surface area contributed by atoms with Gasteiger partial charge in [0, 0.05) is 6.07 Å². The molecule has 0 fully saturated rings. The highest BCUT2D eigenvalue weighted by Crippen LogP contribution is 2.21. The highest BCUT2D eigenvalue weighted by molar-refractivity contribution is 7.27. The van der Waals surface area contributed by atoms with Gasteiger partial charge in [-0.1, -0.05) is 36.4 Å². The Hall–Kier alpha value is -1.79. The minimum Gasteiger partial charge on any atom is -0.508 e. The first-order valence-corrected chi connectivity index (χ1v) is 5.78. The second-order valence-electron chi connectivity index (χ2n) is 3.78. The molecule has 1 unspecified atom stereocenters. The number of hydrogen-bond donors (Lipinski definition) is 2. The van der Waals surface area contributed by atoms with E-state index in [-0.39, 0.29) is 11.5 Å². The summed E-state index contributed by atoms with van der Waals surface area (Å²) < 4.78 is 0. The summed E-state index contributed by atoms with van der Waals surface area (Å²) in [6.07, 6.45) is 3.77. The summed E-state index contributed by atoms with van der Waals surface area (Å²) in [7, 11) is 2.63. The van der Waals surface area contributed by atoms with Gasteiger partial charge in [-0.15, -0.1) is 9.24 Å². The molecule has 0 spiro atoms. The molecule has 1 atom stereocenters. The zero-order valence-corrected chi connectivity index (χ0v) is 10.3. The molecule has 0 saturated carbocycles. The zero-order valence-electron chi connectivity index (χ0n) is 9.17. The van der Waals surface area contributed by atoms with E-state index in [0.717, 1.165) is 16.4 Å². The number of rotatable bonds is 2. The number of phenolic OH excluding ortho intramolecular Hbond substituents is 2. The standard InChI is InChI=1S/C14H13O2P/c15-12-7-11(8-13(16)9-12)2-1-10-3-5-14(17)6-4-10/h1-9,15-16H,17H2/b2-1+. The Bertz CT molecular complexity index is 524. The average Bonchev–Trinajstić information content (AvgIpc) is 2.27. The minimum atomic E-state index is 0.0601. The van der Waals surface area contributed by atoms with Gasteiger partial charge >= 0.3 is 0 Å². The van der Waals surface area contributed by atoms with Gasteiger partial charge in [-0.2, -0.15) is 0 Å². The first-order valence-electron chi connectivity index (χ1n) is 5.20. The number of phenols is 2. The van der Waals surface area contributed by atoms with Crippen molar-refractivity contribution in [2.45, 2.75) is 0 Å². The van der Waals surface area contributed by atoms with Gasteiger partial charge in [0.2, 0.25) is 0 Å². The summed E-state index contributed by atoms with van der Waals surface area (Å²) in [6.45, 7) is 0. The third-order valence-electron chi connectivity index (χ3n) is 2.33. The molecule has 3 heteroatoms. The minimum absolute atomic E-state index is 0.0601. The van der Waals surface area contributed by atoms with E-state index in [4.69, 9.17) is 0 Å². The molecule has 0 bridgehead atoms. The van der Waals surface area contributed by atoms with Crippen LogP contribution in [-0.2, 0) is 0 Å². The van der Waals surface area contributed by atoms with Crippen LogP contribution in [0.15, 0.2) is 42.5 Å². The Kier molecular flexibility index (Phi) is 3.46. The maximum absolute atomic E-state index is 9.33. The van der Waals surface area contributed by atoms with Crippen LogP contribution in [0, 0.1) is 0 Å². The van der Waals surface area contributed by atoms with E-state index in [0.29, 0.717) is 0 Å². The van der Waals surface area contributed by atoms with Crippen molar-refractivity contribution in [1.29, 1.82) is 0 Å². The van der Waals surface area contributed by atoms with Crippen molar-refractivity contribution >= 4 is 26.7 Å². The van der Waals surface area contributed by atoms with Gasteiger partial charge in [-0.05, 0) is 28.6 Å². The summed E-state index contributed by atoms with van der Waals surface area (Å²) in [5.74, 6) is 0.120. The van der Waals surface area contributed by atoms with Gasteiger partial charge in [0.25, 0.3) is 0 Å². The molecule has 0 aliphatic heterocycles. The van der Waals surface area contributed by atoms with Gasteiger partial charge in [0.15, 0.2) is 0 Å². The molecule has 0 aliphatic rings.